The first-order chi connectivity index (χ1) is 16.5. The summed E-state index contributed by atoms with van der Waals surface area (Å²) >= 11 is 0. The quantitative estimate of drug-likeness (QED) is 0.277. The largest absolute Gasteiger partial charge is 0.496 e. The molecule has 0 saturated heterocycles. The van der Waals surface area contributed by atoms with Gasteiger partial charge in [0.15, 0.2) is 0 Å². The molecule has 190 valence electrons. The summed E-state index contributed by atoms with van der Waals surface area (Å²) < 4.78 is 5.48. The first kappa shape index (κ1) is 34.0. The normalized spacial score (nSPS) is 10.2. The predicted octanol–water partition coefficient (Wildman–Crippen LogP) is 7.66. The fourth-order valence-electron chi connectivity index (χ4n) is 2.91. The van der Waals surface area contributed by atoms with Crippen molar-refractivity contribution in [2.24, 2.45) is 4.99 Å². The topological polar surface area (TPSA) is 33.6 Å². The number of benzene rings is 2. The Bertz CT molecular complexity index is 818. The summed E-state index contributed by atoms with van der Waals surface area (Å²) in [5, 5.41) is 6.12. The van der Waals surface area contributed by atoms with E-state index >= 15 is 0 Å². The Hall–Kier alpha value is -2.22. The zero-order chi connectivity index (χ0) is 26.4. The summed E-state index contributed by atoms with van der Waals surface area (Å²) in [6, 6.07) is 13.0. The highest BCUT2D eigenvalue weighted by Crippen LogP contribution is 2.24. The highest BCUT2D eigenvalue weighted by Gasteiger charge is 2.08. The van der Waals surface area contributed by atoms with Gasteiger partial charge in [-0.1, -0.05) is 100 Å². The molecule has 1 atom stereocenters. The van der Waals surface area contributed by atoms with Gasteiger partial charge in [-0.2, -0.15) is 0 Å². The van der Waals surface area contributed by atoms with Gasteiger partial charge in [0.05, 0.1) is 12.8 Å². The van der Waals surface area contributed by atoms with Gasteiger partial charge in [0, 0.05) is 19.3 Å². The zero-order valence-electron chi connectivity index (χ0n) is 23.2. The number of hydrogen-bond donors (Lipinski definition) is 1. The molecule has 0 aliphatic carbocycles. The number of unbranched alkanes of at least 4 members (excludes halogenated alkanes) is 1. The third-order valence-corrected chi connectivity index (χ3v) is 5.91. The van der Waals surface area contributed by atoms with Crippen LogP contribution in [0.3, 0.4) is 0 Å². The van der Waals surface area contributed by atoms with E-state index in [2.05, 4.69) is 87.6 Å². The van der Waals surface area contributed by atoms with Crippen LogP contribution in [0, 0.1) is 13.8 Å². The molecule has 4 heteroatoms. The molecule has 2 rings (SSSR count). The highest BCUT2D eigenvalue weighted by molar-refractivity contribution is 7.55. The van der Waals surface area contributed by atoms with Crippen LogP contribution in [0.2, 0.25) is 0 Å². The average Bonchev–Trinajstić information content (AvgIpc) is 2.87. The fourth-order valence-corrected chi connectivity index (χ4v) is 4.31. The summed E-state index contributed by atoms with van der Waals surface area (Å²) in [6.07, 6.45) is 5.94. The minimum Gasteiger partial charge on any atom is -0.496 e. The Morgan fingerprint density at radius 3 is 2.03 bits per heavy atom. The van der Waals surface area contributed by atoms with Crippen LogP contribution in [0.5, 0.6) is 5.75 Å². The average molecular weight is 485 g/mol. The molecule has 0 heterocycles. The number of methoxy groups -OCH3 is 1. The summed E-state index contributed by atoms with van der Waals surface area (Å²) in [5.41, 5.74) is 4.56. The van der Waals surface area contributed by atoms with Crippen molar-refractivity contribution < 1.29 is 4.74 Å². The van der Waals surface area contributed by atoms with Crippen LogP contribution in [0.25, 0.3) is 0 Å². The van der Waals surface area contributed by atoms with Crippen molar-refractivity contribution in [3.8, 4) is 5.75 Å². The van der Waals surface area contributed by atoms with Crippen molar-refractivity contribution in [1.29, 1.82) is 0 Å². The molecule has 0 spiro atoms. The van der Waals surface area contributed by atoms with Crippen LogP contribution >= 0.6 is 8.58 Å². The molecule has 34 heavy (non-hydrogen) atoms. The lowest BCUT2D eigenvalue weighted by Crippen LogP contribution is -2.24. The first-order valence-electron chi connectivity index (χ1n) is 12.5. The number of aliphatic imine (C=N–C) groups is 1. The van der Waals surface area contributed by atoms with Gasteiger partial charge in [-0.15, -0.1) is 0 Å². The SMILES string of the molecule is C=CN=C(C=C)CNCc1ccccc1Pc1cc(C)c(OC)c(C)c1.CC.CC.CCCC. The second kappa shape index (κ2) is 22.6. The van der Waals surface area contributed by atoms with Gasteiger partial charge in [0.25, 0.3) is 0 Å². The van der Waals surface area contributed by atoms with Crippen LogP contribution < -0.4 is 20.7 Å². The van der Waals surface area contributed by atoms with Crippen LogP contribution in [0.15, 0.2) is 66.8 Å². The van der Waals surface area contributed by atoms with E-state index < -0.39 is 0 Å². The van der Waals surface area contributed by atoms with Gasteiger partial charge in [-0.3, -0.25) is 4.99 Å². The van der Waals surface area contributed by atoms with E-state index in [1.54, 1.807) is 19.4 Å². The van der Waals surface area contributed by atoms with Crippen molar-refractivity contribution in [1.82, 2.24) is 5.32 Å². The van der Waals surface area contributed by atoms with E-state index in [0.29, 0.717) is 15.1 Å². The molecule has 0 aromatic heterocycles. The van der Waals surface area contributed by atoms with Gasteiger partial charge in [-0.25, -0.2) is 0 Å². The smallest absolute Gasteiger partial charge is 0.124 e. The summed E-state index contributed by atoms with van der Waals surface area (Å²) in [5.74, 6) is 0.979. The maximum atomic E-state index is 5.48. The number of nitrogens with one attached hydrogen (secondary N) is 1. The molecule has 0 saturated carbocycles. The minimum absolute atomic E-state index is 0.610. The van der Waals surface area contributed by atoms with E-state index in [4.69, 9.17) is 4.74 Å². The lowest BCUT2D eigenvalue weighted by molar-refractivity contribution is 0.409. The molecule has 2 aromatic rings. The Balaban J connectivity index is 0. The van der Waals surface area contributed by atoms with Gasteiger partial charge in [0.1, 0.15) is 5.75 Å². The maximum absolute atomic E-state index is 5.48. The molecule has 0 aliphatic heterocycles. The molecule has 1 N–H and O–H groups in total. The highest BCUT2D eigenvalue weighted by atomic mass is 31.1. The molecule has 0 bridgehead atoms. The van der Waals surface area contributed by atoms with E-state index in [1.165, 1.54) is 40.1 Å². The monoisotopic (exact) mass is 484 g/mol. The van der Waals surface area contributed by atoms with Crippen LogP contribution in [0.4, 0.5) is 0 Å². The Labute approximate surface area is 212 Å². The van der Waals surface area contributed by atoms with Gasteiger partial charge >= 0.3 is 0 Å². The van der Waals surface area contributed by atoms with Crippen molar-refractivity contribution >= 4 is 24.9 Å². The van der Waals surface area contributed by atoms with E-state index in [0.717, 1.165) is 18.0 Å². The van der Waals surface area contributed by atoms with E-state index in [9.17, 15) is 0 Å². The molecular formula is C30H49N2OP. The van der Waals surface area contributed by atoms with Crippen LogP contribution in [-0.4, -0.2) is 19.4 Å². The molecule has 0 aliphatic rings. The van der Waals surface area contributed by atoms with Crippen LogP contribution in [-0.2, 0) is 6.54 Å². The number of nitrogens with zero attached hydrogens (tertiary/aromatic N) is 1. The van der Waals surface area contributed by atoms with Crippen molar-refractivity contribution in [3.63, 3.8) is 0 Å². The molecule has 1 unspecified atom stereocenters. The third-order valence-electron chi connectivity index (χ3n) is 4.58. The molecule has 0 radical (unpaired) electrons. The van der Waals surface area contributed by atoms with Crippen molar-refractivity contribution in [2.45, 2.75) is 74.8 Å². The van der Waals surface area contributed by atoms with Crippen LogP contribution in [0.1, 0.15) is 71.1 Å². The number of aryl methyl sites for hydroxylation is 2. The lowest BCUT2D eigenvalue weighted by Gasteiger charge is -2.14. The third kappa shape index (κ3) is 13.5. The Kier molecular flexibility index (Phi) is 22.5. The second-order valence-electron chi connectivity index (χ2n) is 7.04. The molecular weight excluding hydrogens is 435 g/mol. The van der Waals surface area contributed by atoms with Crippen molar-refractivity contribution in [2.75, 3.05) is 13.7 Å². The molecule has 3 nitrogen and oxygen atoms in total. The molecule has 2 aromatic carbocycles. The van der Waals surface area contributed by atoms with E-state index in [-0.39, 0.29) is 0 Å². The second-order valence-corrected chi connectivity index (χ2v) is 8.40. The number of ether oxygens (including phenoxy) is 1. The predicted molar refractivity (Wildman–Crippen MR) is 159 cm³/mol. The van der Waals surface area contributed by atoms with Gasteiger partial charge in [0.2, 0.25) is 0 Å². The van der Waals surface area contributed by atoms with Gasteiger partial charge < -0.3 is 10.1 Å². The van der Waals surface area contributed by atoms with E-state index in [1.807, 2.05) is 27.7 Å². The molecule has 0 amide bonds. The molecule has 0 fully saturated rings. The zero-order valence-corrected chi connectivity index (χ0v) is 24.2. The summed E-state index contributed by atoms with van der Waals surface area (Å²) in [4.78, 5) is 4.19. The minimum atomic E-state index is 0.610. The standard InChI is InChI=1S/C22H27N2OP.C4H10.2C2H6/c1-6-19(24-7-2)15-23-14-18-10-8-9-11-21(18)26-20-12-16(3)22(25-5)17(4)13-20;1-3-4-2;2*1-2/h6-13,23,26H,1-2,14-15H2,3-5H3;3-4H2,1-2H3;2*1-2H3. The number of rotatable bonds is 10. The van der Waals surface area contributed by atoms with Crippen molar-refractivity contribution in [3.05, 3.63) is 78.5 Å². The maximum Gasteiger partial charge on any atom is 0.124 e. The fraction of sp³-hybridized carbons (Fsp3) is 0.433. The Morgan fingerprint density at radius 2 is 1.56 bits per heavy atom. The summed E-state index contributed by atoms with van der Waals surface area (Å²) in [7, 11) is 2.34. The van der Waals surface area contributed by atoms with Gasteiger partial charge in [-0.05, 0) is 59.4 Å². The lowest BCUT2D eigenvalue weighted by atomic mass is 10.1. The number of hydrogen-bond acceptors (Lipinski definition) is 3. The Morgan fingerprint density at radius 1 is 1.00 bits per heavy atom. The first-order valence-corrected chi connectivity index (χ1v) is 13.5. The summed E-state index contributed by atoms with van der Waals surface area (Å²) in [6.45, 7) is 25.4.